The number of anilines is 2. The smallest absolute Gasteiger partial charge is 0.0758 e. The van der Waals surface area contributed by atoms with E-state index in [9.17, 15) is 0 Å². The van der Waals surface area contributed by atoms with Crippen molar-refractivity contribution >= 4 is 11.4 Å². The first-order valence-corrected chi connectivity index (χ1v) is 7.26. The summed E-state index contributed by atoms with van der Waals surface area (Å²) in [4.78, 5) is 2.44. The number of fused-ring (bicyclic) bond motifs is 1. The summed E-state index contributed by atoms with van der Waals surface area (Å²) in [5, 5.41) is 0. The Hall–Kier alpha value is -1.22. The summed E-state index contributed by atoms with van der Waals surface area (Å²) >= 11 is 0. The second-order valence-corrected chi connectivity index (χ2v) is 6.57. The van der Waals surface area contributed by atoms with Crippen molar-refractivity contribution in [3.05, 3.63) is 23.3 Å². The van der Waals surface area contributed by atoms with Crippen LogP contribution in [0.2, 0.25) is 0 Å². The van der Waals surface area contributed by atoms with Crippen molar-refractivity contribution in [1.82, 2.24) is 0 Å². The van der Waals surface area contributed by atoms with Gasteiger partial charge in [-0.25, -0.2) is 0 Å². The maximum atomic E-state index is 6.11. The molecule has 2 aliphatic rings. The van der Waals surface area contributed by atoms with Crippen LogP contribution in [-0.4, -0.2) is 24.8 Å². The third kappa shape index (κ3) is 2.44. The summed E-state index contributed by atoms with van der Waals surface area (Å²) in [6.45, 7) is 8.55. The van der Waals surface area contributed by atoms with Crippen LogP contribution in [0.15, 0.2) is 12.1 Å². The lowest BCUT2D eigenvalue weighted by molar-refractivity contribution is -0.0114. The van der Waals surface area contributed by atoms with E-state index in [0.29, 0.717) is 6.10 Å². The Bertz CT molecular complexity index is 496. The average Bonchev–Trinajstić information content (AvgIpc) is 2.85. The van der Waals surface area contributed by atoms with Crippen LogP contribution in [0.4, 0.5) is 11.4 Å². The Morgan fingerprint density at radius 2 is 2.21 bits per heavy atom. The van der Waals surface area contributed by atoms with Crippen molar-refractivity contribution in [2.24, 2.45) is 0 Å². The molecule has 0 aromatic heterocycles. The number of nitrogen functional groups attached to an aromatic ring is 1. The third-order valence-corrected chi connectivity index (χ3v) is 4.44. The molecule has 0 radical (unpaired) electrons. The maximum absolute atomic E-state index is 6.11. The summed E-state index contributed by atoms with van der Waals surface area (Å²) < 4.78 is 6.11. The van der Waals surface area contributed by atoms with Crippen LogP contribution in [0.25, 0.3) is 0 Å². The van der Waals surface area contributed by atoms with E-state index in [1.807, 2.05) is 0 Å². The highest BCUT2D eigenvalue weighted by Gasteiger charge is 2.33. The second-order valence-electron chi connectivity index (χ2n) is 6.57. The van der Waals surface area contributed by atoms with Crippen molar-refractivity contribution in [3.63, 3.8) is 0 Å². The Balaban J connectivity index is 1.74. The number of hydrogen-bond acceptors (Lipinski definition) is 3. The number of hydrogen-bond donors (Lipinski definition) is 1. The fourth-order valence-electron chi connectivity index (χ4n) is 3.28. The molecule has 2 N–H and O–H groups in total. The summed E-state index contributed by atoms with van der Waals surface area (Å²) in [6, 6.07) is 4.38. The molecule has 1 aromatic carbocycles. The largest absolute Gasteiger partial charge is 0.398 e. The highest BCUT2D eigenvalue weighted by atomic mass is 16.5. The van der Waals surface area contributed by atoms with Crippen molar-refractivity contribution in [1.29, 1.82) is 0 Å². The first-order valence-electron chi connectivity index (χ1n) is 7.26. The zero-order chi connectivity index (χ0) is 13.6. The van der Waals surface area contributed by atoms with Gasteiger partial charge in [-0.1, -0.05) is 6.07 Å². The predicted molar refractivity (Wildman–Crippen MR) is 79.7 cm³/mol. The Morgan fingerprint density at radius 3 is 2.89 bits per heavy atom. The van der Waals surface area contributed by atoms with Gasteiger partial charge in [0, 0.05) is 24.5 Å². The molecule has 0 bridgehead atoms. The highest BCUT2D eigenvalue weighted by Crippen LogP contribution is 2.35. The Kier molecular flexibility index (Phi) is 2.97. The van der Waals surface area contributed by atoms with Gasteiger partial charge in [-0.3, -0.25) is 0 Å². The van der Waals surface area contributed by atoms with Crippen LogP contribution in [-0.2, 0) is 11.2 Å². The molecule has 0 spiro atoms. The molecule has 3 heteroatoms. The lowest BCUT2D eigenvalue weighted by Crippen LogP contribution is -2.32. The fourth-order valence-corrected chi connectivity index (χ4v) is 3.28. The lowest BCUT2D eigenvalue weighted by atomic mass is 10.1. The normalized spacial score (nSPS) is 24.8. The number of rotatable bonds is 2. The molecule has 1 atom stereocenters. The minimum absolute atomic E-state index is 0.0551. The van der Waals surface area contributed by atoms with Gasteiger partial charge in [0.1, 0.15) is 0 Å². The Morgan fingerprint density at radius 1 is 1.42 bits per heavy atom. The van der Waals surface area contributed by atoms with Gasteiger partial charge >= 0.3 is 0 Å². The van der Waals surface area contributed by atoms with Crippen molar-refractivity contribution in [2.75, 3.05) is 23.7 Å². The van der Waals surface area contributed by atoms with Gasteiger partial charge in [0.05, 0.1) is 11.7 Å². The van der Waals surface area contributed by atoms with Gasteiger partial charge in [0.25, 0.3) is 0 Å². The van der Waals surface area contributed by atoms with Gasteiger partial charge in [0.2, 0.25) is 0 Å². The third-order valence-electron chi connectivity index (χ3n) is 4.44. The second kappa shape index (κ2) is 4.41. The summed E-state index contributed by atoms with van der Waals surface area (Å²) in [6.07, 6.45) is 3.82. The molecular formula is C16H24N2O. The van der Waals surface area contributed by atoms with Crippen LogP contribution in [0.3, 0.4) is 0 Å². The molecule has 2 heterocycles. The first-order chi connectivity index (χ1) is 8.94. The van der Waals surface area contributed by atoms with E-state index < -0.39 is 0 Å². The molecule has 0 saturated carbocycles. The van der Waals surface area contributed by atoms with E-state index in [-0.39, 0.29) is 5.60 Å². The number of aryl methyl sites for hydroxylation is 1. The standard InChI is InChI=1S/C16H24N2O/c1-11-8-12-5-7-18(15(12)9-14(11)17)10-13-4-6-16(2,3)19-13/h8-9,13H,4-7,10,17H2,1-3H3. The molecule has 3 nitrogen and oxygen atoms in total. The van der Waals surface area contributed by atoms with Crippen molar-refractivity contribution < 1.29 is 4.74 Å². The van der Waals surface area contributed by atoms with Gasteiger partial charge in [0.15, 0.2) is 0 Å². The van der Waals surface area contributed by atoms with Crippen LogP contribution in [0.5, 0.6) is 0 Å². The number of ether oxygens (including phenoxy) is 1. The van der Waals surface area contributed by atoms with Gasteiger partial charge in [-0.05, 0) is 57.2 Å². The average molecular weight is 260 g/mol. The van der Waals surface area contributed by atoms with Gasteiger partial charge < -0.3 is 15.4 Å². The number of benzene rings is 1. The zero-order valence-corrected chi connectivity index (χ0v) is 12.2. The van der Waals surface area contributed by atoms with Crippen LogP contribution in [0, 0.1) is 6.92 Å². The zero-order valence-electron chi connectivity index (χ0n) is 12.2. The van der Waals surface area contributed by atoms with Crippen LogP contribution < -0.4 is 10.6 Å². The monoisotopic (exact) mass is 260 g/mol. The van der Waals surface area contributed by atoms with Crippen molar-refractivity contribution in [2.45, 2.75) is 51.7 Å². The van der Waals surface area contributed by atoms with E-state index in [0.717, 1.165) is 31.6 Å². The molecular weight excluding hydrogens is 236 g/mol. The molecule has 1 aromatic rings. The minimum atomic E-state index is 0.0551. The molecule has 0 amide bonds. The van der Waals surface area contributed by atoms with Crippen molar-refractivity contribution in [3.8, 4) is 0 Å². The summed E-state index contributed by atoms with van der Waals surface area (Å²) in [7, 11) is 0. The fraction of sp³-hybridized carbons (Fsp3) is 0.625. The Labute approximate surface area is 115 Å². The molecule has 1 saturated heterocycles. The topological polar surface area (TPSA) is 38.5 Å². The maximum Gasteiger partial charge on any atom is 0.0758 e. The van der Waals surface area contributed by atoms with E-state index in [4.69, 9.17) is 10.5 Å². The lowest BCUT2D eigenvalue weighted by Gasteiger charge is -2.25. The molecule has 3 rings (SSSR count). The van der Waals surface area contributed by atoms with E-state index in [2.05, 4.69) is 37.8 Å². The highest BCUT2D eigenvalue weighted by molar-refractivity contribution is 5.67. The SMILES string of the molecule is Cc1cc2c(cc1N)N(CC1CCC(C)(C)O1)CC2. The molecule has 1 fully saturated rings. The van der Waals surface area contributed by atoms with Crippen LogP contribution in [0.1, 0.15) is 37.8 Å². The molecule has 19 heavy (non-hydrogen) atoms. The predicted octanol–water partition coefficient (Wildman–Crippen LogP) is 2.90. The van der Waals surface area contributed by atoms with Gasteiger partial charge in [-0.2, -0.15) is 0 Å². The summed E-state index contributed by atoms with van der Waals surface area (Å²) in [5.74, 6) is 0. The minimum Gasteiger partial charge on any atom is -0.398 e. The van der Waals surface area contributed by atoms with Crippen LogP contribution >= 0.6 is 0 Å². The van der Waals surface area contributed by atoms with E-state index >= 15 is 0 Å². The molecule has 0 aliphatic carbocycles. The molecule has 2 aliphatic heterocycles. The summed E-state index contributed by atoms with van der Waals surface area (Å²) in [5.41, 5.74) is 10.9. The van der Waals surface area contributed by atoms with Gasteiger partial charge in [-0.15, -0.1) is 0 Å². The molecule has 104 valence electrons. The van der Waals surface area contributed by atoms with E-state index in [1.165, 1.54) is 23.2 Å². The molecule has 1 unspecified atom stereocenters. The number of nitrogens with two attached hydrogens (primary N) is 1. The number of nitrogens with zero attached hydrogens (tertiary/aromatic N) is 1. The quantitative estimate of drug-likeness (QED) is 0.831. The van der Waals surface area contributed by atoms with E-state index in [1.54, 1.807) is 0 Å². The first kappa shape index (κ1) is 12.8.